The fourth-order valence-electron chi connectivity index (χ4n) is 1.77. The van der Waals surface area contributed by atoms with Crippen molar-refractivity contribution in [1.82, 2.24) is 4.98 Å². The molecule has 2 N–H and O–H groups in total. The molecule has 0 saturated carbocycles. The molecule has 100 valence electrons. The number of hydrogen-bond acceptors (Lipinski definition) is 3. The van der Waals surface area contributed by atoms with Crippen LogP contribution in [0.5, 0.6) is 0 Å². The summed E-state index contributed by atoms with van der Waals surface area (Å²) >= 11 is 3.60. The van der Waals surface area contributed by atoms with Gasteiger partial charge in [-0.2, -0.15) is 0 Å². The van der Waals surface area contributed by atoms with Gasteiger partial charge >= 0.3 is 0 Å². The molecule has 0 amide bonds. The quantitative estimate of drug-likeness (QED) is 0.837. The summed E-state index contributed by atoms with van der Waals surface area (Å²) in [5, 5.41) is 6.71. The van der Waals surface area contributed by atoms with Gasteiger partial charge in [-0.15, -0.1) is 0 Å². The lowest BCUT2D eigenvalue weighted by atomic mass is 10.2. The molecule has 1 aromatic carbocycles. The number of nitrogens with zero attached hydrogens (tertiary/aromatic N) is 1. The summed E-state index contributed by atoms with van der Waals surface area (Å²) in [6.07, 6.45) is 4.76. The summed E-state index contributed by atoms with van der Waals surface area (Å²) < 4.78 is 1.09. The Morgan fingerprint density at radius 3 is 2.79 bits per heavy atom. The third kappa shape index (κ3) is 3.70. The number of rotatable bonds is 5. The number of aryl methyl sites for hydroxylation is 1. The first-order valence-corrected chi connectivity index (χ1v) is 7.21. The second-order valence-corrected chi connectivity index (χ2v) is 5.24. The summed E-state index contributed by atoms with van der Waals surface area (Å²) in [7, 11) is 0. The van der Waals surface area contributed by atoms with Gasteiger partial charge in [-0.05, 0) is 47.0 Å². The van der Waals surface area contributed by atoms with E-state index in [0.29, 0.717) is 0 Å². The van der Waals surface area contributed by atoms with Crippen molar-refractivity contribution in [2.75, 3.05) is 17.2 Å². The van der Waals surface area contributed by atoms with E-state index >= 15 is 0 Å². The molecule has 2 aromatic rings. The van der Waals surface area contributed by atoms with E-state index in [-0.39, 0.29) is 0 Å². The predicted octanol–water partition coefficient (Wildman–Crippen LogP) is 4.72. The number of benzene rings is 1. The second kappa shape index (κ2) is 6.57. The van der Waals surface area contributed by atoms with Crippen molar-refractivity contribution in [3.8, 4) is 0 Å². The van der Waals surface area contributed by atoms with Crippen molar-refractivity contribution in [1.29, 1.82) is 0 Å². The maximum absolute atomic E-state index is 4.25. The van der Waals surface area contributed by atoms with Gasteiger partial charge in [0.05, 0.1) is 29.5 Å². The van der Waals surface area contributed by atoms with Crippen molar-refractivity contribution in [2.45, 2.75) is 20.3 Å². The average Bonchev–Trinajstić information content (AvgIpc) is 2.42. The molecule has 4 heteroatoms. The Morgan fingerprint density at radius 1 is 1.21 bits per heavy atom. The van der Waals surface area contributed by atoms with Crippen LogP contribution >= 0.6 is 15.9 Å². The van der Waals surface area contributed by atoms with E-state index < -0.39 is 0 Å². The molecule has 2 rings (SSSR count). The molecule has 3 nitrogen and oxygen atoms in total. The van der Waals surface area contributed by atoms with Crippen LogP contribution in [0.25, 0.3) is 0 Å². The molecule has 1 heterocycles. The molecular weight excluding hydrogens is 302 g/mol. The monoisotopic (exact) mass is 319 g/mol. The van der Waals surface area contributed by atoms with E-state index in [4.69, 9.17) is 0 Å². The van der Waals surface area contributed by atoms with Crippen molar-refractivity contribution >= 4 is 33.0 Å². The molecule has 0 radical (unpaired) electrons. The van der Waals surface area contributed by atoms with Gasteiger partial charge in [-0.1, -0.05) is 19.1 Å². The van der Waals surface area contributed by atoms with Gasteiger partial charge in [0.1, 0.15) is 0 Å². The van der Waals surface area contributed by atoms with Crippen LogP contribution in [0.3, 0.4) is 0 Å². The minimum atomic E-state index is 0.958. The highest BCUT2D eigenvalue weighted by atomic mass is 79.9. The molecule has 0 fully saturated rings. The zero-order chi connectivity index (χ0) is 13.7. The van der Waals surface area contributed by atoms with Crippen molar-refractivity contribution in [2.24, 2.45) is 0 Å². The number of nitrogens with one attached hydrogen (secondary N) is 2. The average molecular weight is 320 g/mol. The third-order valence-electron chi connectivity index (χ3n) is 2.79. The first-order valence-electron chi connectivity index (χ1n) is 6.41. The smallest absolute Gasteiger partial charge is 0.0591 e. The van der Waals surface area contributed by atoms with Crippen LogP contribution in [0, 0.1) is 6.92 Å². The Balaban J connectivity index is 2.16. The standard InChI is InChI=1S/C15H18BrN3/c1-3-7-18-12-8-13(10-17-9-12)19-14-6-4-5-11(2)15(14)16/h4-6,8-10,18-19H,3,7H2,1-2H3. The van der Waals surface area contributed by atoms with Gasteiger partial charge < -0.3 is 10.6 Å². The van der Waals surface area contributed by atoms with Gasteiger partial charge in [-0.3, -0.25) is 4.98 Å². The Hall–Kier alpha value is -1.55. The van der Waals surface area contributed by atoms with E-state index in [0.717, 1.165) is 34.5 Å². The highest BCUT2D eigenvalue weighted by molar-refractivity contribution is 9.10. The van der Waals surface area contributed by atoms with Gasteiger partial charge in [-0.25, -0.2) is 0 Å². The number of hydrogen-bond donors (Lipinski definition) is 2. The molecule has 0 unspecified atom stereocenters. The Kier molecular flexibility index (Phi) is 4.80. The topological polar surface area (TPSA) is 37.0 Å². The Bertz CT molecular complexity index is 555. The highest BCUT2D eigenvalue weighted by Crippen LogP contribution is 2.29. The molecule has 0 bridgehead atoms. The summed E-state index contributed by atoms with van der Waals surface area (Å²) in [5.41, 5.74) is 4.27. The normalized spacial score (nSPS) is 10.3. The van der Waals surface area contributed by atoms with Crippen LogP contribution in [-0.4, -0.2) is 11.5 Å². The number of halogens is 1. The van der Waals surface area contributed by atoms with Crippen LogP contribution in [0.2, 0.25) is 0 Å². The summed E-state index contributed by atoms with van der Waals surface area (Å²) in [6.45, 7) is 5.18. The number of aromatic nitrogens is 1. The molecule has 19 heavy (non-hydrogen) atoms. The van der Waals surface area contributed by atoms with E-state index in [1.807, 2.05) is 24.5 Å². The lowest BCUT2D eigenvalue weighted by Crippen LogP contribution is -2.01. The molecule has 0 aliphatic heterocycles. The number of anilines is 3. The molecule has 1 aromatic heterocycles. The zero-order valence-corrected chi connectivity index (χ0v) is 12.8. The van der Waals surface area contributed by atoms with E-state index in [1.165, 1.54) is 5.56 Å². The zero-order valence-electron chi connectivity index (χ0n) is 11.2. The van der Waals surface area contributed by atoms with Crippen LogP contribution in [0.1, 0.15) is 18.9 Å². The van der Waals surface area contributed by atoms with Gasteiger partial charge in [0, 0.05) is 11.0 Å². The number of pyridine rings is 1. The fraction of sp³-hybridized carbons (Fsp3) is 0.267. The lowest BCUT2D eigenvalue weighted by Gasteiger charge is -2.11. The van der Waals surface area contributed by atoms with Crippen LogP contribution in [0.15, 0.2) is 41.1 Å². The first-order chi connectivity index (χ1) is 9.20. The Labute approximate surface area is 122 Å². The molecule has 0 spiro atoms. The van der Waals surface area contributed by atoms with E-state index in [9.17, 15) is 0 Å². The minimum absolute atomic E-state index is 0.958. The largest absolute Gasteiger partial charge is 0.384 e. The van der Waals surface area contributed by atoms with E-state index in [2.05, 4.69) is 57.5 Å². The minimum Gasteiger partial charge on any atom is -0.384 e. The molecule has 0 saturated heterocycles. The highest BCUT2D eigenvalue weighted by Gasteiger charge is 2.03. The van der Waals surface area contributed by atoms with Gasteiger partial charge in [0.25, 0.3) is 0 Å². The summed E-state index contributed by atoms with van der Waals surface area (Å²) in [4.78, 5) is 4.25. The fourth-order valence-corrected chi connectivity index (χ4v) is 2.14. The van der Waals surface area contributed by atoms with Gasteiger partial charge in [0.15, 0.2) is 0 Å². The lowest BCUT2D eigenvalue weighted by molar-refractivity contribution is 0.978. The Morgan fingerprint density at radius 2 is 2.00 bits per heavy atom. The summed E-state index contributed by atoms with van der Waals surface area (Å²) in [5.74, 6) is 0. The molecule has 0 aliphatic rings. The predicted molar refractivity (Wildman–Crippen MR) is 85.2 cm³/mol. The maximum atomic E-state index is 4.25. The van der Waals surface area contributed by atoms with E-state index in [1.54, 1.807) is 0 Å². The molecular formula is C15H18BrN3. The van der Waals surface area contributed by atoms with Crippen LogP contribution in [0.4, 0.5) is 17.1 Å². The SMILES string of the molecule is CCCNc1cncc(Nc2cccc(C)c2Br)c1. The third-order valence-corrected chi connectivity index (χ3v) is 3.84. The summed E-state index contributed by atoms with van der Waals surface area (Å²) in [6, 6.07) is 8.22. The van der Waals surface area contributed by atoms with Crippen LogP contribution < -0.4 is 10.6 Å². The molecule has 0 atom stereocenters. The maximum Gasteiger partial charge on any atom is 0.0591 e. The van der Waals surface area contributed by atoms with Gasteiger partial charge in [0.2, 0.25) is 0 Å². The van der Waals surface area contributed by atoms with Crippen LogP contribution in [-0.2, 0) is 0 Å². The first kappa shape index (κ1) is 13.9. The molecule has 0 aliphatic carbocycles. The second-order valence-electron chi connectivity index (χ2n) is 4.45. The van der Waals surface area contributed by atoms with Crippen molar-refractivity contribution in [3.05, 3.63) is 46.7 Å². The van der Waals surface area contributed by atoms with Crippen molar-refractivity contribution in [3.63, 3.8) is 0 Å². The van der Waals surface area contributed by atoms with Crippen molar-refractivity contribution < 1.29 is 0 Å².